The first-order chi connectivity index (χ1) is 7.24. The maximum atomic E-state index is 12.7. The molecule has 78 valence electrons. The lowest BCUT2D eigenvalue weighted by atomic mass is 10.3. The molecule has 1 heterocycles. The van der Waals surface area contributed by atoms with Gasteiger partial charge in [0, 0.05) is 6.07 Å². The zero-order valence-electron chi connectivity index (χ0n) is 7.68. The van der Waals surface area contributed by atoms with Gasteiger partial charge in [0.1, 0.15) is 11.6 Å². The van der Waals surface area contributed by atoms with Crippen LogP contribution < -0.4 is 10.5 Å². The summed E-state index contributed by atoms with van der Waals surface area (Å²) in [6, 6.07) is 5.75. The summed E-state index contributed by atoms with van der Waals surface area (Å²) >= 11 is 0. The van der Waals surface area contributed by atoms with Crippen molar-refractivity contribution in [1.82, 2.24) is 10.2 Å². The molecule has 0 unspecified atom stereocenters. The van der Waals surface area contributed by atoms with E-state index in [9.17, 15) is 4.39 Å². The molecule has 0 aliphatic rings. The van der Waals surface area contributed by atoms with Crippen LogP contribution in [0.1, 0.15) is 5.89 Å². The van der Waals surface area contributed by atoms with Crippen LogP contribution >= 0.6 is 0 Å². The van der Waals surface area contributed by atoms with Gasteiger partial charge in [-0.1, -0.05) is 11.2 Å². The minimum absolute atomic E-state index is 0.0205. The van der Waals surface area contributed by atoms with Gasteiger partial charge in [0.25, 0.3) is 5.89 Å². The standard InChI is InChI=1S/C9H8FN3O2/c10-6-2-1-3-7(4-6)14-5-8-12-13-9(11)15-8/h1-4H,5H2,(H2,11,13). The van der Waals surface area contributed by atoms with Crippen LogP contribution in [0.4, 0.5) is 10.4 Å². The van der Waals surface area contributed by atoms with E-state index in [2.05, 4.69) is 10.2 Å². The van der Waals surface area contributed by atoms with E-state index in [1.54, 1.807) is 12.1 Å². The fourth-order valence-electron chi connectivity index (χ4n) is 1.03. The first-order valence-electron chi connectivity index (χ1n) is 4.20. The van der Waals surface area contributed by atoms with Crippen LogP contribution in [0.3, 0.4) is 0 Å². The molecule has 0 radical (unpaired) electrons. The molecular formula is C9H8FN3O2. The molecule has 0 spiro atoms. The Bertz CT molecular complexity index is 458. The van der Waals surface area contributed by atoms with Gasteiger partial charge in [-0.05, 0) is 12.1 Å². The Morgan fingerprint density at radius 3 is 2.93 bits per heavy atom. The maximum absolute atomic E-state index is 12.7. The second-order valence-corrected chi connectivity index (χ2v) is 2.78. The molecule has 0 fully saturated rings. The van der Waals surface area contributed by atoms with Crippen LogP contribution in [-0.2, 0) is 6.61 Å². The molecule has 0 aliphatic heterocycles. The smallest absolute Gasteiger partial charge is 0.312 e. The quantitative estimate of drug-likeness (QED) is 0.826. The number of ether oxygens (including phenoxy) is 1. The van der Waals surface area contributed by atoms with E-state index in [0.717, 1.165) is 0 Å². The highest BCUT2D eigenvalue weighted by atomic mass is 19.1. The van der Waals surface area contributed by atoms with Crippen LogP contribution in [0.2, 0.25) is 0 Å². The number of anilines is 1. The molecule has 0 amide bonds. The third kappa shape index (κ3) is 2.43. The Hall–Kier alpha value is -2.11. The Balaban J connectivity index is 1.99. The third-order valence-electron chi connectivity index (χ3n) is 1.64. The highest BCUT2D eigenvalue weighted by molar-refractivity contribution is 5.22. The number of hydrogen-bond acceptors (Lipinski definition) is 5. The van der Waals surface area contributed by atoms with Crippen LogP contribution in [-0.4, -0.2) is 10.2 Å². The zero-order valence-corrected chi connectivity index (χ0v) is 7.68. The predicted octanol–water partition coefficient (Wildman–Crippen LogP) is 1.37. The van der Waals surface area contributed by atoms with Gasteiger partial charge >= 0.3 is 6.01 Å². The van der Waals surface area contributed by atoms with Crippen molar-refractivity contribution in [3.63, 3.8) is 0 Å². The summed E-state index contributed by atoms with van der Waals surface area (Å²) in [5.74, 6) is 0.279. The summed E-state index contributed by atoms with van der Waals surface area (Å²) in [7, 11) is 0. The molecule has 0 saturated carbocycles. The topological polar surface area (TPSA) is 74.2 Å². The lowest BCUT2D eigenvalue weighted by Gasteiger charge is -2.01. The summed E-state index contributed by atoms with van der Waals surface area (Å²) in [5, 5.41) is 7.05. The van der Waals surface area contributed by atoms with Gasteiger partial charge in [0.05, 0.1) is 0 Å². The van der Waals surface area contributed by atoms with Gasteiger partial charge in [-0.3, -0.25) is 0 Å². The van der Waals surface area contributed by atoms with Crippen LogP contribution in [0.5, 0.6) is 5.75 Å². The Kier molecular flexibility index (Phi) is 2.49. The first kappa shape index (κ1) is 9.45. The fraction of sp³-hybridized carbons (Fsp3) is 0.111. The first-order valence-corrected chi connectivity index (χ1v) is 4.20. The van der Waals surface area contributed by atoms with Crippen molar-refractivity contribution < 1.29 is 13.5 Å². The summed E-state index contributed by atoms with van der Waals surface area (Å²) in [4.78, 5) is 0. The fourth-order valence-corrected chi connectivity index (χ4v) is 1.03. The van der Waals surface area contributed by atoms with Crippen LogP contribution in [0, 0.1) is 5.82 Å². The number of aromatic nitrogens is 2. The number of rotatable bonds is 3. The number of nitrogen functional groups attached to an aromatic ring is 1. The SMILES string of the molecule is Nc1nnc(COc2cccc(F)c2)o1. The van der Waals surface area contributed by atoms with Crippen LogP contribution in [0.25, 0.3) is 0 Å². The van der Waals surface area contributed by atoms with Gasteiger partial charge in [0.2, 0.25) is 0 Å². The number of hydrogen-bond donors (Lipinski definition) is 1. The highest BCUT2D eigenvalue weighted by Crippen LogP contribution is 2.13. The van der Waals surface area contributed by atoms with E-state index in [1.165, 1.54) is 12.1 Å². The summed E-state index contributed by atoms with van der Waals surface area (Å²) in [6.07, 6.45) is 0. The molecule has 0 bridgehead atoms. The third-order valence-corrected chi connectivity index (χ3v) is 1.64. The van der Waals surface area contributed by atoms with Crippen molar-refractivity contribution in [3.8, 4) is 5.75 Å². The highest BCUT2D eigenvalue weighted by Gasteiger charge is 2.03. The second kappa shape index (κ2) is 3.95. The maximum Gasteiger partial charge on any atom is 0.312 e. The van der Waals surface area contributed by atoms with Gasteiger partial charge < -0.3 is 14.9 Å². The molecule has 1 aromatic carbocycles. The predicted molar refractivity (Wildman–Crippen MR) is 49.4 cm³/mol. The normalized spacial score (nSPS) is 10.2. The molecule has 2 rings (SSSR count). The van der Waals surface area contributed by atoms with E-state index in [-0.39, 0.29) is 24.3 Å². The molecule has 6 heteroatoms. The van der Waals surface area contributed by atoms with E-state index in [0.29, 0.717) is 5.75 Å². The van der Waals surface area contributed by atoms with Gasteiger partial charge in [-0.2, -0.15) is 0 Å². The van der Waals surface area contributed by atoms with E-state index in [4.69, 9.17) is 14.9 Å². The molecule has 5 nitrogen and oxygen atoms in total. The average Bonchev–Trinajstić information content (AvgIpc) is 2.62. The van der Waals surface area contributed by atoms with Crippen molar-refractivity contribution >= 4 is 6.01 Å². The van der Waals surface area contributed by atoms with Crippen molar-refractivity contribution in [2.45, 2.75) is 6.61 Å². The van der Waals surface area contributed by atoms with E-state index in [1.807, 2.05) is 0 Å². The summed E-state index contributed by atoms with van der Waals surface area (Å²) < 4.78 is 22.8. The lowest BCUT2D eigenvalue weighted by molar-refractivity contribution is 0.264. The van der Waals surface area contributed by atoms with Crippen molar-refractivity contribution in [2.24, 2.45) is 0 Å². The Morgan fingerprint density at radius 1 is 1.40 bits per heavy atom. The van der Waals surface area contributed by atoms with Crippen molar-refractivity contribution in [2.75, 3.05) is 5.73 Å². The largest absolute Gasteiger partial charge is 0.484 e. The van der Waals surface area contributed by atoms with Crippen molar-refractivity contribution in [3.05, 3.63) is 36.0 Å². The molecule has 1 aromatic heterocycles. The number of benzene rings is 1. The average molecular weight is 209 g/mol. The number of halogens is 1. The Labute approximate surface area is 84.7 Å². The second-order valence-electron chi connectivity index (χ2n) is 2.78. The summed E-state index contributed by atoms with van der Waals surface area (Å²) in [6.45, 7) is 0.0631. The Morgan fingerprint density at radius 2 is 2.27 bits per heavy atom. The van der Waals surface area contributed by atoms with Gasteiger partial charge in [-0.25, -0.2) is 4.39 Å². The summed E-state index contributed by atoms with van der Waals surface area (Å²) in [5.41, 5.74) is 5.22. The lowest BCUT2D eigenvalue weighted by Crippen LogP contribution is -1.95. The zero-order chi connectivity index (χ0) is 10.7. The minimum Gasteiger partial charge on any atom is -0.484 e. The van der Waals surface area contributed by atoms with E-state index < -0.39 is 0 Å². The van der Waals surface area contributed by atoms with E-state index >= 15 is 0 Å². The van der Waals surface area contributed by atoms with Crippen LogP contribution in [0.15, 0.2) is 28.7 Å². The molecule has 0 aliphatic carbocycles. The monoisotopic (exact) mass is 209 g/mol. The molecular weight excluding hydrogens is 201 g/mol. The molecule has 2 aromatic rings. The minimum atomic E-state index is -0.363. The molecule has 0 saturated heterocycles. The molecule has 15 heavy (non-hydrogen) atoms. The molecule has 2 N–H and O–H groups in total. The number of nitrogens with two attached hydrogens (primary N) is 1. The van der Waals surface area contributed by atoms with Crippen molar-refractivity contribution in [1.29, 1.82) is 0 Å². The van der Waals surface area contributed by atoms with Gasteiger partial charge in [-0.15, -0.1) is 5.10 Å². The number of nitrogens with zero attached hydrogens (tertiary/aromatic N) is 2. The molecule has 0 atom stereocenters. The van der Waals surface area contributed by atoms with Gasteiger partial charge in [0.15, 0.2) is 6.61 Å².